The smallest absolute Gasteiger partial charge is 0.330 e. The van der Waals surface area contributed by atoms with Crippen LogP contribution in [0.3, 0.4) is 0 Å². The van der Waals surface area contributed by atoms with Crippen molar-refractivity contribution < 1.29 is 5.11 Å². The number of aromatic amines is 2. The van der Waals surface area contributed by atoms with Crippen LogP contribution in [0.4, 0.5) is 0 Å². The molecule has 0 unspecified atom stereocenters. The van der Waals surface area contributed by atoms with E-state index in [1.807, 2.05) is 6.92 Å². The fraction of sp³-hybridized carbons (Fsp3) is 0.583. The van der Waals surface area contributed by atoms with Gasteiger partial charge in [-0.3, -0.25) is 14.3 Å². The summed E-state index contributed by atoms with van der Waals surface area (Å²) in [6.07, 6.45) is 0.757. The zero-order valence-electron chi connectivity index (χ0n) is 11.3. The lowest BCUT2D eigenvalue weighted by Gasteiger charge is -2.17. The summed E-state index contributed by atoms with van der Waals surface area (Å²) in [4.78, 5) is 33.1. The molecule has 0 aromatic carbocycles. The first kappa shape index (κ1) is 13.5. The molecule has 0 aliphatic carbocycles. The van der Waals surface area contributed by atoms with Crippen LogP contribution in [0.15, 0.2) is 9.59 Å². The predicted molar refractivity (Wildman–Crippen MR) is 71.4 cm³/mol. The van der Waals surface area contributed by atoms with Gasteiger partial charge in [0.2, 0.25) is 0 Å². The fourth-order valence-corrected chi connectivity index (χ4v) is 1.87. The first-order chi connectivity index (χ1) is 8.90. The van der Waals surface area contributed by atoms with Crippen molar-refractivity contribution in [3.05, 3.63) is 26.7 Å². The molecule has 0 atom stereocenters. The van der Waals surface area contributed by atoms with E-state index in [2.05, 4.69) is 15.0 Å². The van der Waals surface area contributed by atoms with Crippen molar-refractivity contribution >= 4 is 11.2 Å². The van der Waals surface area contributed by atoms with E-state index in [0.717, 1.165) is 6.42 Å². The summed E-state index contributed by atoms with van der Waals surface area (Å²) in [5.41, 5.74) is -0.936. The fourth-order valence-electron chi connectivity index (χ4n) is 1.87. The molecule has 2 aromatic heterocycles. The van der Waals surface area contributed by atoms with E-state index in [1.165, 1.54) is 4.57 Å². The number of aromatic nitrogens is 4. The van der Waals surface area contributed by atoms with Crippen LogP contribution in [0, 0.1) is 0 Å². The minimum atomic E-state index is -0.599. The van der Waals surface area contributed by atoms with Crippen LogP contribution in [0.1, 0.15) is 33.0 Å². The van der Waals surface area contributed by atoms with Crippen LogP contribution in [-0.2, 0) is 12.0 Å². The van der Waals surface area contributed by atoms with E-state index in [4.69, 9.17) is 0 Å². The summed E-state index contributed by atoms with van der Waals surface area (Å²) < 4.78 is 1.43. The number of aliphatic hydroxyl groups is 1. The summed E-state index contributed by atoms with van der Waals surface area (Å²) >= 11 is 0. The van der Waals surface area contributed by atoms with Crippen molar-refractivity contribution in [2.75, 3.05) is 6.61 Å². The molecular formula is C12H18N4O3. The maximum absolute atomic E-state index is 11.8. The number of hydrogen-bond donors (Lipinski definition) is 3. The van der Waals surface area contributed by atoms with Crippen LogP contribution in [0.5, 0.6) is 0 Å². The summed E-state index contributed by atoms with van der Waals surface area (Å²) in [5.74, 6) is 0.492. The Balaban J connectivity index is 2.78. The second kappa shape index (κ2) is 4.65. The number of fused-ring (bicyclic) bond motifs is 1. The van der Waals surface area contributed by atoms with E-state index < -0.39 is 16.7 Å². The maximum atomic E-state index is 11.8. The highest BCUT2D eigenvalue weighted by atomic mass is 16.3. The molecule has 2 heterocycles. The highest BCUT2D eigenvalue weighted by Crippen LogP contribution is 2.20. The van der Waals surface area contributed by atoms with Gasteiger partial charge in [-0.15, -0.1) is 0 Å². The summed E-state index contributed by atoms with van der Waals surface area (Å²) in [6, 6.07) is 0. The van der Waals surface area contributed by atoms with Crippen LogP contribution >= 0.6 is 0 Å². The van der Waals surface area contributed by atoms with Gasteiger partial charge in [0.1, 0.15) is 11.3 Å². The Kier molecular flexibility index (Phi) is 3.32. The van der Waals surface area contributed by atoms with Gasteiger partial charge >= 0.3 is 5.69 Å². The molecule has 2 aromatic rings. The zero-order valence-corrected chi connectivity index (χ0v) is 11.3. The van der Waals surface area contributed by atoms with Crippen molar-refractivity contribution in [1.29, 1.82) is 0 Å². The minimum absolute atomic E-state index is 0.108. The molecule has 0 saturated heterocycles. The van der Waals surface area contributed by atoms with Gasteiger partial charge < -0.3 is 10.1 Å². The van der Waals surface area contributed by atoms with Crippen LogP contribution in [0.2, 0.25) is 0 Å². The molecule has 0 saturated carbocycles. The Morgan fingerprint density at radius 3 is 2.58 bits per heavy atom. The van der Waals surface area contributed by atoms with Crippen molar-refractivity contribution in [3.63, 3.8) is 0 Å². The van der Waals surface area contributed by atoms with Crippen molar-refractivity contribution in [2.24, 2.45) is 0 Å². The highest BCUT2D eigenvalue weighted by Gasteiger charge is 2.25. The average molecular weight is 266 g/mol. The van der Waals surface area contributed by atoms with Crippen molar-refractivity contribution in [1.82, 2.24) is 19.5 Å². The Hall–Kier alpha value is -1.89. The zero-order chi connectivity index (χ0) is 14.2. The number of nitrogens with one attached hydrogen (secondary N) is 2. The molecule has 0 fully saturated rings. The second-order valence-corrected chi connectivity index (χ2v) is 5.24. The Morgan fingerprint density at radius 1 is 1.32 bits per heavy atom. The number of nitrogens with zero attached hydrogens (tertiary/aromatic N) is 2. The molecule has 0 aliphatic heterocycles. The third-order valence-corrected chi connectivity index (χ3v) is 3.12. The maximum Gasteiger partial charge on any atom is 0.330 e. The van der Waals surface area contributed by atoms with Gasteiger partial charge in [0.25, 0.3) is 5.56 Å². The lowest BCUT2D eigenvalue weighted by Crippen LogP contribution is -2.30. The predicted octanol–water partition coefficient (Wildman–Crippen LogP) is 0.0928. The average Bonchev–Trinajstić information content (AvgIpc) is 2.80. The van der Waals surface area contributed by atoms with Crippen LogP contribution in [0.25, 0.3) is 11.2 Å². The van der Waals surface area contributed by atoms with E-state index in [9.17, 15) is 14.7 Å². The van der Waals surface area contributed by atoms with Gasteiger partial charge in [-0.05, 0) is 6.42 Å². The molecule has 104 valence electrons. The molecule has 3 N–H and O–H groups in total. The third-order valence-electron chi connectivity index (χ3n) is 3.12. The van der Waals surface area contributed by atoms with E-state index in [1.54, 1.807) is 13.8 Å². The monoisotopic (exact) mass is 266 g/mol. The third kappa shape index (κ3) is 2.21. The summed E-state index contributed by atoms with van der Waals surface area (Å²) in [5, 5.41) is 9.35. The van der Waals surface area contributed by atoms with Crippen molar-refractivity contribution in [2.45, 2.75) is 39.2 Å². The number of aliphatic hydroxyl groups excluding tert-OH is 1. The van der Waals surface area contributed by atoms with E-state index >= 15 is 0 Å². The van der Waals surface area contributed by atoms with Crippen LogP contribution < -0.4 is 11.2 Å². The Bertz CT molecular complexity index is 708. The lowest BCUT2D eigenvalue weighted by molar-refractivity contribution is 0.212. The Labute approximate surface area is 109 Å². The van der Waals surface area contributed by atoms with Gasteiger partial charge in [-0.1, -0.05) is 20.8 Å². The normalized spacial score (nSPS) is 12.2. The number of aryl methyl sites for hydroxylation is 1. The molecule has 0 radical (unpaired) electrons. The summed E-state index contributed by atoms with van der Waals surface area (Å²) in [7, 11) is 0. The first-order valence-electron chi connectivity index (χ1n) is 6.25. The lowest BCUT2D eigenvalue weighted by atomic mass is 9.94. The molecule has 0 aliphatic rings. The SMILES string of the molecule is CCCn1c(=O)[nH]c(=O)c2[nH]c(C(C)(C)CO)nc21. The van der Waals surface area contributed by atoms with Crippen molar-refractivity contribution in [3.8, 4) is 0 Å². The molecular weight excluding hydrogens is 248 g/mol. The number of imidazole rings is 1. The van der Waals surface area contributed by atoms with Crippen LogP contribution in [-0.4, -0.2) is 31.2 Å². The highest BCUT2D eigenvalue weighted by molar-refractivity contribution is 5.69. The minimum Gasteiger partial charge on any atom is -0.395 e. The Morgan fingerprint density at radius 2 is 2.00 bits per heavy atom. The molecule has 7 nitrogen and oxygen atoms in total. The molecule has 2 rings (SSSR count). The number of rotatable bonds is 4. The molecule has 7 heteroatoms. The number of hydrogen-bond acceptors (Lipinski definition) is 4. The van der Waals surface area contributed by atoms with Gasteiger partial charge in [0, 0.05) is 12.0 Å². The van der Waals surface area contributed by atoms with Gasteiger partial charge in [-0.2, -0.15) is 0 Å². The standard InChI is InChI=1S/C12H18N4O3/c1-4-5-16-8-7(9(18)15-11(16)19)13-10(14-8)12(2,3)6-17/h17H,4-6H2,1-3H3,(H,13,14)(H,15,18,19). The molecule has 0 spiro atoms. The van der Waals surface area contributed by atoms with E-state index in [-0.39, 0.29) is 12.1 Å². The van der Waals surface area contributed by atoms with E-state index in [0.29, 0.717) is 18.0 Å². The van der Waals surface area contributed by atoms with Gasteiger partial charge in [-0.25, -0.2) is 9.78 Å². The largest absolute Gasteiger partial charge is 0.395 e. The molecule has 0 amide bonds. The molecule has 0 bridgehead atoms. The van der Waals surface area contributed by atoms with Gasteiger partial charge in [0.15, 0.2) is 5.65 Å². The number of H-pyrrole nitrogens is 2. The quantitative estimate of drug-likeness (QED) is 0.729. The molecule has 19 heavy (non-hydrogen) atoms. The topological polar surface area (TPSA) is 104 Å². The second-order valence-electron chi connectivity index (χ2n) is 5.24. The first-order valence-corrected chi connectivity index (χ1v) is 6.25. The van der Waals surface area contributed by atoms with Gasteiger partial charge in [0.05, 0.1) is 6.61 Å². The summed E-state index contributed by atoms with van der Waals surface area (Å²) in [6.45, 7) is 5.93.